The summed E-state index contributed by atoms with van der Waals surface area (Å²) in [6.45, 7) is 0. The molecule has 0 bridgehead atoms. The maximum absolute atomic E-state index is 12.7. The summed E-state index contributed by atoms with van der Waals surface area (Å²) in [6.07, 6.45) is 1.37. The summed E-state index contributed by atoms with van der Waals surface area (Å²) in [4.78, 5) is 14.0. The van der Waals surface area contributed by atoms with Crippen molar-refractivity contribution in [2.45, 2.75) is 0 Å². The molecule has 5 heteroatoms. The Hall–Kier alpha value is -0.230. The molecule has 1 aromatic heterocycles. The van der Waals surface area contributed by atoms with Crippen molar-refractivity contribution in [3.05, 3.63) is 27.3 Å². The Balaban J connectivity index is 3.20. The predicted molar refractivity (Wildman–Crippen MR) is 47.1 cm³/mol. The number of hydrogen-bond donors (Lipinski definition) is 0. The lowest BCUT2D eigenvalue weighted by atomic mass is 10.3. The third-order valence-electron chi connectivity index (χ3n) is 0.994. The van der Waals surface area contributed by atoms with E-state index in [9.17, 15) is 9.18 Å². The van der Waals surface area contributed by atoms with E-state index in [0.29, 0.717) is 3.57 Å². The van der Waals surface area contributed by atoms with Gasteiger partial charge in [0.05, 0.1) is 0 Å². The maximum Gasteiger partial charge on any atom is 0.273 e. The summed E-state index contributed by atoms with van der Waals surface area (Å²) in [6, 6.07) is 1.20. The minimum atomic E-state index is -0.876. The number of rotatable bonds is 1. The van der Waals surface area contributed by atoms with Crippen molar-refractivity contribution in [1.82, 2.24) is 4.98 Å². The Morgan fingerprint density at radius 3 is 2.82 bits per heavy atom. The number of carbonyl (C=O) groups is 1. The molecule has 0 aliphatic carbocycles. The van der Waals surface area contributed by atoms with Crippen LogP contribution >= 0.6 is 34.2 Å². The van der Waals surface area contributed by atoms with Crippen LogP contribution in [0.15, 0.2) is 12.3 Å². The van der Waals surface area contributed by atoms with E-state index in [1.807, 2.05) is 22.6 Å². The monoisotopic (exact) mass is 285 g/mol. The van der Waals surface area contributed by atoms with Gasteiger partial charge in [-0.2, -0.15) is 0 Å². The van der Waals surface area contributed by atoms with Crippen LogP contribution < -0.4 is 0 Å². The Kier molecular flexibility index (Phi) is 2.78. The van der Waals surface area contributed by atoms with Gasteiger partial charge in [0.1, 0.15) is 0 Å². The zero-order valence-corrected chi connectivity index (χ0v) is 8.06. The van der Waals surface area contributed by atoms with Crippen LogP contribution in [0.5, 0.6) is 0 Å². The third-order valence-corrected chi connectivity index (χ3v) is 1.76. The first-order valence-electron chi connectivity index (χ1n) is 2.62. The number of halogens is 3. The molecule has 1 rings (SSSR count). The van der Waals surface area contributed by atoms with Crippen molar-refractivity contribution in [2.75, 3.05) is 0 Å². The summed E-state index contributed by atoms with van der Waals surface area (Å²) in [7, 11) is 0. The molecule has 0 amide bonds. The largest absolute Gasteiger partial charge is 0.274 e. The topological polar surface area (TPSA) is 30.0 Å². The van der Waals surface area contributed by atoms with Crippen LogP contribution in [0.4, 0.5) is 4.39 Å². The highest BCUT2D eigenvalue weighted by atomic mass is 127. The van der Waals surface area contributed by atoms with Crippen molar-refractivity contribution in [2.24, 2.45) is 0 Å². The maximum atomic E-state index is 12.7. The Morgan fingerprint density at radius 1 is 1.73 bits per heavy atom. The van der Waals surface area contributed by atoms with Crippen LogP contribution in [0.2, 0.25) is 0 Å². The van der Waals surface area contributed by atoms with Crippen LogP contribution in [0, 0.1) is 9.39 Å². The first-order chi connectivity index (χ1) is 5.11. The van der Waals surface area contributed by atoms with E-state index < -0.39 is 11.1 Å². The minimum Gasteiger partial charge on any atom is -0.274 e. The van der Waals surface area contributed by atoms with Gasteiger partial charge in [0, 0.05) is 9.77 Å². The van der Waals surface area contributed by atoms with Gasteiger partial charge in [0.25, 0.3) is 5.24 Å². The molecule has 0 N–H and O–H groups in total. The second kappa shape index (κ2) is 3.44. The Labute approximate surface area is 80.9 Å². The summed E-state index contributed by atoms with van der Waals surface area (Å²) >= 11 is 6.91. The molecule has 58 valence electrons. The van der Waals surface area contributed by atoms with Gasteiger partial charge in [-0.05, 0) is 40.3 Å². The summed E-state index contributed by atoms with van der Waals surface area (Å²) in [5.41, 5.74) is -0.327. The fraction of sp³-hybridized carbons (Fsp3) is 0. The summed E-state index contributed by atoms with van der Waals surface area (Å²) < 4.78 is 13.4. The SMILES string of the molecule is O=C(Cl)c1ncc(I)cc1F. The molecule has 0 radical (unpaired) electrons. The van der Waals surface area contributed by atoms with Crippen molar-refractivity contribution >= 4 is 39.4 Å². The van der Waals surface area contributed by atoms with Gasteiger partial charge in [-0.1, -0.05) is 0 Å². The third kappa shape index (κ3) is 2.10. The van der Waals surface area contributed by atoms with Crippen LogP contribution in [-0.4, -0.2) is 10.2 Å². The van der Waals surface area contributed by atoms with Crippen LogP contribution in [-0.2, 0) is 0 Å². The highest BCUT2D eigenvalue weighted by Gasteiger charge is 2.10. The van der Waals surface area contributed by atoms with E-state index >= 15 is 0 Å². The number of aromatic nitrogens is 1. The molecule has 0 fully saturated rings. The van der Waals surface area contributed by atoms with Gasteiger partial charge in [-0.3, -0.25) is 4.79 Å². The normalized spacial score (nSPS) is 9.73. The second-order valence-electron chi connectivity index (χ2n) is 1.76. The zero-order valence-electron chi connectivity index (χ0n) is 5.14. The summed E-state index contributed by atoms with van der Waals surface area (Å²) in [5.74, 6) is -0.683. The van der Waals surface area contributed by atoms with Gasteiger partial charge < -0.3 is 0 Å². The van der Waals surface area contributed by atoms with Gasteiger partial charge in [-0.25, -0.2) is 9.37 Å². The minimum absolute atomic E-state index is 0.327. The molecular formula is C6H2ClFINO. The average Bonchev–Trinajstić information content (AvgIpc) is 1.85. The molecule has 1 heterocycles. The van der Waals surface area contributed by atoms with Gasteiger partial charge in [0.15, 0.2) is 11.5 Å². The van der Waals surface area contributed by atoms with Crippen molar-refractivity contribution in [3.63, 3.8) is 0 Å². The fourth-order valence-electron chi connectivity index (χ4n) is 0.559. The van der Waals surface area contributed by atoms with E-state index in [2.05, 4.69) is 4.98 Å². The van der Waals surface area contributed by atoms with E-state index in [0.717, 1.165) is 0 Å². The number of nitrogens with zero attached hydrogens (tertiary/aromatic N) is 1. The molecule has 1 aromatic rings. The van der Waals surface area contributed by atoms with Gasteiger partial charge in [-0.15, -0.1) is 0 Å². The lowest BCUT2D eigenvalue weighted by Gasteiger charge is -1.94. The van der Waals surface area contributed by atoms with Gasteiger partial charge in [0.2, 0.25) is 0 Å². The number of pyridine rings is 1. The molecule has 2 nitrogen and oxygen atoms in total. The number of hydrogen-bond acceptors (Lipinski definition) is 2. The van der Waals surface area contributed by atoms with E-state index in [4.69, 9.17) is 11.6 Å². The average molecular weight is 285 g/mol. The molecule has 0 saturated carbocycles. The molecule has 0 atom stereocenters. The molecular weight excluding hydrogens is 283 g/mol. The molecule has 0 aliphatic heterocycles. The first kappa shape index (κ1) is 8.86. The van der Waals surface area contributed by atoms with Crippen molar-refractivity contribution < 1.29 is 9.18 Å². The highest BCUT2D eigenvalue weighted by molar-refractivity contribution is 14.1. The summed E-state index contributed by atoms with van der Waals surface area (Å²) in [5, 5.41) is -0.876. The number of carbonyl (C=O) groups excluding carboxylic acids is 1. The molecule has 0 aliphatic rings. The van der Waals surface area contributed by atoms with E-state index in [1.165, 1.54) is 12.3 Å². The molecule has 11 heavy (non-hydrogen) atoms. The Morgan fingerprint density at radius 2 is 2.36 bits per heavy atom. The quantitative estimate of drug-likeness (QED) is 0.585. The Bertz CT molecular complexity index is 305. The predicted octanol–water partition coefficient (Wildman–Crippen LogP) is 2.20. The molecule has 0 unspecified atom stereocenters. The second-order valence-corrected chi connectivity index (χ2v) is 3.35. The highest BCUT2D eigenvalue weighted by Crippen LogP contribution is 2.10. The van der Waals surface area contributed by atoms with E-state index in [1.54, 1.807) is 0 Å². The van der Waals surface area contributed by atoms with Crippen LogP contribution in [0.3, 0.4) is 0 Å². The first-order valence-corrected chi connectivity index (χ1v) is 4.08. The van der Waals surface area contributed by atoms with Crippen molar-refractivity contribution in [1.29, 1.82) is 0 Å². The van der Waals surface area contributed by atoms with E-state index in [-0.39, 0.29) is 5.69 Å². The molecule has 0 aromatic carbocycles. The fourth-order valence-corrected chi connectivity index (χ4v) is 1.11. The molecule has 0 spiro atoms. The zero-order chi connectivity index (χ0) is 8.43. The standard InChI is InChI=1S/C6H2ClFINO/c7-6(11)5-4(8)1-3(9)2-10-5/h1-2H. The lowest BCUT2D eigenvalue weighted by Crippen LogP contribution is -1.98. The van der Waals surface area contributed by atoms with Gasteiger partial charge >= 0.3 is 0 Å². The van der Waals surface area contributed by atoms with Crippen LogP contribution in [0.25, 0.3) is 0 Å². The lowest BCUT2D eigenvalue weighted by molar-refractivity contribution is 0.107. The molecule has 0 saturated heterocycles. The van der Waals surface area contributed by atoms with Crippen molar-refractivity contribution in [3.8, 4) is 0 Å². The van der Waals surface area contributed by atoms with Crippen LogP contribution in [0.1, 0.15) is 10.5 Å². The smallest absolute Gasteiger partial charge is 0.273 e.